The number of anilines is 2. The van der Waals surface area contributed by atoms with Crippen LogP contribution < -0.4 is 11.5 Å². The van der Waals surface area contributed by atoms with Crippen LogP contribution in [0, 0.1) is 27.8 Å². The van der Waals surface area contributed by atoms with Crippen LogP contribution in [0.2, 0.25) is 0 Å². The van der Waals surface area contributed by atoms with E-state index in [-0.39, 0.29) is 13.2 Å². The highest BCUT2D eigenvalue weighted by Gasteiger charge is 1.90. The Labute approximate surface area is 163 Å². The van der Waals surface area contributed by atoms with E-state index in [0.29, 0.717) is 18.5 Å². The number of terminal acetylenes is 1. The van der Waals surface area contributed by atoms with Crippen LogP contribution in [0.3, 0.4) is 0 Å². The summed E-state index contributed by atoms with van der Waals surface area (Å²) in [5.41, 5.74) is 13.5. The minimum atomic E-state index is 0.0970. The van der Waals surface area contributed by atoms with Gasteiger partial charge in [-0.2, -0.15) is 0 Å². The van der Waals surface area contributed by atoms with Crippen molar-refractivity contribution in [3.05, 3.63) is 57.7 Å². The van der Waals surface area contributed by atoms with E-state index in [9.17, 15) is 0 Å². The van der Waals surface area contributed by atoms with Gasteiger partial charge < -0.3 is 21.7 Å². The predicted octanol–water partition coefficient (Wildman–Crippen LogP) is 2.88. The molecule has 0 fully saturated rings. The molecule has 0 aromatic heterocycles. The maximum absolute atomic E-state index is 8.48. The monoisotopic (exact) mass is 450 g/mol. The standard InChI is InChI=1S/C10H11NO.C6H6IN.C4H6O/c11-10-7-2-1-5-9(10)6-3-4-8-12;7-5-3-1-2-4-6(5)8;1-2-3-4-5/h1-2,5,7,12H,4,8,11H2;1-4H,8H2;1,5H,3-4H2. The normalized spacial score (nSPS) is 8.40. The summed E-state index contributed by atoms with van der Waals surface area (Å²) in [5.74, 6) is 7.96. The Morgan fingerprint density at radius 3 is 1.84 bits per heavy atom. The van der Waals surface area contributed by atoms with Crippen LogP contribution in [0.25, 0.3) is 0 Å². The third-order valence-corrected chi connectivity index (χ3v) is 3.56. The fourth-order valence-corrected chi connectivity index (χ4v) is 1.75. The molecule has 2 aromatic rings. The summed E-state index contributed by atoms with van der Waals surface area (Å²) in [6.45, 7) is 0.205. The van der Waals surface area contributed by atoms with E-state index in [1.165, 1.54) is 0 Å². The number of nitrogens with two attached hydrogens (primary N) is 2. The van der Waals surface area contributed by atoms with Crippen LogP contribution in [0.1, 0.15) is 18.4 Å². The second kappa shape index (κ2) is 15.3. The highest BCUT2D eigenvalue weighted by Crippen LogP contribution is 2.11. The average molecular weight is 450 g/mol. The molecule has 0 aliphatic carbocycles. The summed E-state index contributed by atoms with van der Waals surface area (Å²) >= 11 is 2.20. The zero-order valence-corrected chi connectivity index (χ0v) is 16.1. The predicted molar refractivity (Wildman–Crippen MR) is 114 cm³/mol. The van der Waals surface area contributed by atoms with Gasteiger partial charge in [-0.25, -0.2) is 0 Å². The van der Waals surface area contributed by atoms with Crippen LogP contribution in [-0.4, -0.2) is 23.4 Å². The van der Waals surface area contributed by atoms with Gasteiger partial charge in [0.2, 0.25) is 0 Å². The van der Waals surface area contributed by atoms with E-state index in [4.69, 9.17) is 28.1 Å². The number of aliphatic hydroxyl groups is 2. The zero-order valence-electron chi connectivity index (χ0n) is 14.0. The van der Waals surface area contributed by atoms with Crippen molar-refractivity contribution in [2.24, 2.45) is 0 Å². The molecule has 132 valence electrons. The molecule has 0 saturated carbocycles. The Balaban J connectivity index is 0.000000382. The SMILES string of the molecule is C#CCCO.Nc1ccccc1C#CCCO.Nc1ccccc1I. The van der Waals surface area contributed by atoms with Crippen LogP contribution >= 0.6 is 22.6 Å². The number of aliphatic hydroxyl groups excluding tert-OH is 2. The second-order valence-electron chi connectivity index (χ2n) is 4.56. The Bertz CT molecular complexity index is 694. The van der Waals surface area contributed by atoms with E-state index in [0.717, 1.165) is 14.8 Å². The van der Waals surface area contributed by atoms with Gasteiger partial charge in [-0.15, -0.1) is 12.3 Å². The molecule has 2 rings (SSSR count). The molecular weight excluding hydrogens is 427 g/mol. The summed E-state index contributed by atoms with van der Waals surface area (Å²) in [6.07, 6.45) is 5.70. The Morgan fingerprint density at radius 2 is 1.44 bits per heavy atom. The van der Waals surface area contributed by atoms with Gasteiger partial charge in [0.15, 0.2) is 0 Å². The summed E-state index contributed by atoms with van der Waals surface area (Å²) in [6, 6.07) is 15.2. The highest BCUT2D eigenvalue weighted by atomic mass is 127. The molecule has 0 heterocycles. The molecule has 0 radical (unpaired) electrons. The van der Waals surface area contributed by atoms with Crippen molar-refractivity contribution in [3.63, 3.8) is 0 Å². The fraction of sp³-hybridized carbons (Fsp3) is 0.200. The summed E-state index contributed by atoms with van der Waals surface area (Å²) in [4.78, 5) is 0. The van der Waals surface area contributed by atoms with Crippen LogP contribution in [0.15, 0.2) is 48.5 Å². The number of rotatable bonds is 2. The van der Waals surface area contributed by atoms with Crippen LogP contribution in [0.4, 0.5) is 11.4 Å². The molecule has 5 heteroatoms. The quantitative estimate of drug-likeness (QED) is 0.322. The molecule has 0 bridgehead atoms. The van der Waals surface area contributed by atoms with Gasteiger partial charge in [-0.05, 0) is 46.9 Å². The highest BCUT2D eigenvalue weighted by molar-refractivity contribution is 14.1. The molecule has 6 N–H and O–H groups in total. The molecule has 2 aromatic carbocycles. The van der Waals surface area contributed by atoms with Crippen molar-refractivity contribution in [1.82, 2.24) is 0 Å². The number of benzene rings is 2. The first-order valence-corrected chi connectivity index (χ1v) is 8.63. The molecule has 0 amide bonds. The summed E-state index contributed by atoms with van der Waals surface area (Å²) in [5, 5.41) is 16.4. The van der Waals surface area contributed by atoms with Gasteiger partial charge in [-0.3, -0.25) is 0 Å². The smallest absolute Gasteiger partial charge is 0.0540 e. The van der Waals surface area contributed by atoms with Crippen molar-refractivity contribution in [2.45, 2.75) is 12.8 Å². The van der Waals surface area contributed by atoms with E-state index >= 15 is 0 Å². The van der Waals surface area contributed by atoms with E-state index in [1.54, 1.807) is 0 Å². The van der Waals surface area contributed by atoms with Gasteiger partial charge in [0.25, 0.3) is 0 Å². The molecule has 0 unspecified atom stereocenters. The molecular formula is C20H23IN2O2. The van der Waals surface area contributed by atoms with E-state index < -0.39 is 0 Å². The summed E-state index contributed by atoms with van der Waals surface area (Å²) in [7, 11) is 0. The lowest BCUT2D eigenvalue weighted by atomic mass is 10.2. The van der Waals surface area contributed by atoms with Gasteiger partial charge in [0.05, 0.1) is 13.2 Å². The number of hydrogen-bond donors (Lipinski definition) is 4. The molecule has 0 atom stereocenters. The fourth-order valence-electron chi connectivity index (χ4n) is 1.36. The molecule has 0 aliphatic rings. The van der Waals surface area contributed by atoms with Crippen molar-refractivity contribution < 1.29 is 10.2 Å². The second-order valence-corrected chi connectivity index (χ2v) is 5.72. The number of halogens is 1. The van der Waals surface area contributed by atoms with Crippen molar-refractivity contribution >= 4 is 34.0 Å². The number of hydrogen-bond acceptors (Lipinski definition) is 4. The molecule has 0 saturated heterocycles. The van der Waals surface area contributed by atoms with Gasteiger partial charge in [-0.1, -0.05) is 36.1 Å². The Morgan fingerprint density at radius 1 is 0.880 bits per heavy atom. The van der Waals surface area contributed by atoms with Crippen molar-refractivity contribution in [2.75, 3.05) is 24.7 Å². The molecule has 25 heavy (non-hydrogen) atoms. The Hall–Kier alpha value is -2.19. The first-order chi connectivity index (χ1) is 12.1. The van der Waals surface area contributed by atoms with E-state index in [2.05, 4.69) is 40.4 Å². The first-order valence-electron chi connectivity index (χ1n) is 7.55. The lowest BCUT2D eigenvalue weighted by Gasteiger charge is -1.94. The largest absolute Gasteiger partial charge is 0.398 e. The maximum atomic E-state index is 8.48. The topological polar surface area (TPSA) is 92.5 Å². The van der Waals surface area contributed by atoms with Crippen LogP contribution in [0.5, 0.6) is 0 Å². The van der Waals surface area contributed by atoms with E-state index in [1.807, 2.05) is 48.5 Å². The van der Waals surface area contributed by atoms with Gasteiger partial charge in [0.1, 0.15) is 0 Å². The first kappa shape index (κ1) is 22.8. The lowest BCUT2D eigenvalue weighted by Crippen LogP contribution is -1.88. The minimum Gasteiger partial charge on any atom is -0.398 e. The third kappa shape index (κ3) is 11.9. The van der Waals surface area contributed by atoms with Crippen molar-refractivity contribution in [1.29, 1.82) is 0 Å². The maximum Gasteiger partial charge on any atom is 0.0540 e. The van der Waals surface area contributed by atoms with Gasteiger partial charge in [0, 0.05) is 33.4 Å². The minimum absolute atomic E-state index is 0.0970. The Kier molecular flexibility index (Phi) is 14.0. The van der Waals surface area contributed by atoms with Crippen LogP contribution in [-0.2, 0) is 0 Å². The molecule has 0 spiro atoms. The zero-order chi connectivity index (χ0) is 18.9. The van der Waals surface area contributed by atoms with Gasteiger partial charge >= 0.3 is 0 Å². The molecule has 4 nitrogen and oxygen atoms in total. The molecule has 0 aliphatic heterocycles. The summed E-state index contributed by atoms with van der Waals surface area (Å²) < 4.78 is 1.12. The average Bonchev–Trinajstić information content (AvgIpc) is 2.61. The number of nitrogen functional groups attached to an aromatic ring is 2. The number of para-hydroxylation sites is 2. The van der Waals surface area contributed by atoms with Crippen molar-refractivity contribution in [3.8, 4) is 24.2 Å². The lowest BCUT2D eigenvalue weighted by molar-refractivity contribution is 0.304. The third-order valence-electron chi connectivity index (χ3n) is 2.58.